The number of hydrogen-bond donors (Lipinski definition) is 0. The molecule has 5 aromatic rings. The van der Waals surface area contributed by atoms with Crippen molar-refractivity contribution in [2.45, 2.75) is 57.8 Å². The van der Waals surface area contributed by atoms with Crippen LogP contribution in [0.15, 0.2) is 103 Å². The topological polar surface area (TPSA) is 6.48 Å². The number of anilines is 6. The van der Waals surface area contributed by atoms with Gasteiger partial charge in [0.15, 0.2) is 0 Å². The number of rotatable bonds is 2. The summed E-state index contributed by atoms with van der Waals surface area (Å²) in [4.78, 5) is 5.23. The summed E-state index contributed by atoms with van der Waals surface area (Å²) in [5.74, 6) is 3.36. The van der Waals surface area contributed by atoms with Crippen molar-refractivity contribution in [1.82, 2.24) is 0 Å². The first-order valence-corrected chi connectivity index (χ1v) is 17.8. The highest BCUT2D eigenvalue weighted by molar-refractivity contribution is 7.00. The zero-order valence-electron chi connectivity index (χ0n) is 26.8. The first-order valence-electron chi connectivity index (χ1n) is 17.8. The first kappa shape index (κ1) is 25.9. The lowest BCUT2D eigenvalue weighted by Crippen LogP contribution is -2.64. The smallest absolute Gasteiger partial charge is 0.252 e. The lowest BCUT2D eigenvalue weighted by Gasteiger charge is -2.64. The fourth-order valence-electron chi connectivity index (χ4n) is 11.8. The van der Waals surface area contributed by atoms with Gasteiger partial charge in [0, 0.05) is 33.9 Å². The molecule has 12 rings (SSSR count). The standard InChI is InChI=1S/C43H39BN2/c1-3-27-15-17-32(18-16-27)45-38-19-14-26(2)20-36(38)44-35-10-6-9-34-42(35)46(40-13-7-12-39(45)41(40)44)37-11-5-4-8-33(37)43(34)30-22-28-21-29(24-30)25-31(43)23-28/h4-20,28-31H,3,21-25H2,1-2H3. The normalized spacial score (nSPS) is 27.0. The zero-order valence-corrected chi connectivity index (χ0v) is 26.8. The average molecular weight is 595 g/mol. The summed E-state index contributed by atoms with van der Waals surface area (Å²) < 4.78 is 0. The monoisotopic (exact) mass is 594 g/mol. The van der Waals surface area contributed by atoms with E-state index in [1.54, 1.807) is 11.1 Å². The molecule has 5 aromatic carbocycles. The third-order valence-corrected chi connectivity index (χ3v) is 13.2. The molecular weight excluding hydrogens is 555 g/mol. The van der Waals surface area contributed by atoms with Crippen LogP contribution in [0.4, 0.5) is 34.1 Å². The summed E-state index contributed by atoms with van der Waals surface area (Å²) >= 11 is 0. The Morgan fingerprint density at radius 2 is 1.30 bits per heavy atom. The van der Waals surface area contributed by atoms with Crippen molar-refractivity contribution in [1.29, 1.82) is 0 Å². The fourth-order valence-corrected chi connectivity index (χ4v) is 11.8. The SMILES string of the molecule is CCc1ccc(N2c3ccc(C)cc3B3c4cccc5c4N(c4ccccc4C54C5CC6CC(C5)CC4C6)c4cccc2c43)cc1. The third kappa shape index (κ3) is 3.06. The van der Waals surface area contributed by atoms with E-state index >= 15 is 0 Å². The Bertz CT molecular complexity index is 2070. The lowest BCUT2D eigenvalue weighted by atomic mass is 9.32. The fraction of sp³-hybridized carbons (Fsp3) is 0.302. The maximum Gasteiger partial charge on any atom is 0.252 e. The molecule has 3 aliphatic heterocycles. The highest BCUT2D eigenvalue weighted by Crippen LogP contribution is 2.69. The van der Waals surface area contributed by atoms with Gasteiger partial charge in [-0.15, -0.1) is 0 Å². The number of hydrogen-bond acceptors (Lipinski definition) is 2. The predicted octanol–water partition coefficient (Wildman–Crippen LogP) is 8.70. The Hall–Kier alpha value is -4.24. The third-order valence-electron chi connectivity index (χ3n) is 13.2. The Morgan fingerprint density at radius 3 is 2.07 bits per heavy atom. The Balaban J connectivity index is 1.22. The molecule has 4 fully saturated rings. The van der Waals surface area contributed by atoms with Crippen molar-refractivity contribution in [2.75, 3.05) is 9.80 Å². The van der Waals surface area contributed by atoms with E-state index in [1.165, 1.54) is 93.7 Å². The van der Waals surface area contributed by atoms with Crippen LogP contribution in [0.25, 0.3) is 0 Å². The van der Waals surface area contributed by atoms with Gasteiger partial charge < -0.3 is 9.80 Å². The van der Waals surface area contributed by atoms with Gasteiger partial charge in [-0.25, -0.2) is 0 Å². The van der Waals surface area contributed by atoms with Gasteiger partial charge in [0.05, 0.1) is 5.69 Å². The van der Waals surface area contributed by atoms with Crippen molar-refractivity contribution in [2.24, 2.45) is 23.7 Å². The summed E-state index contributed by atoms with van der Waals surface area (Å²) in [5, 5.41) is 0. The lowest BCUT2D eigenvalue weighted by molar-refractivity contribution is -0.0419. The second kappa shape index (κ2) is 8.97. The van der Waals surface area contributed by atoms with Crippen LogP contribution in [0, 0.1) is 30.6 Å². The van der Waals surface area contributed by atoms with Crippen molar-refractivity contribution >= 4 is 57.2 Å². The van der Waals surface area contributed by atoms with Gasteiger partial charge in [-0.1, -0.05) is 79.2 Å². The van der Waals surface area contributed by atoms with E-state index in [0.717, 1.165) is 30.1 Å². The molecule has 0 saturated heterocycles. The van der Waals surface area contributed by atoms with E-state index in [4.69, 9.17) is 0 Å². The van der Waals surface area contributed by atoms with Crippen molar-refractivity contribution in [3.8, 4) is 0 Å². The second-order valence-electron chi connectivity index (χ2n) is 15.3. The Labute approximate surface area is 273 Å². The zero-order chi connectivity index (χ0) is 30.3. The van der Waals surface area contributed by atoms with Crippen LogP contribution in [0.5, 0.6) is 0 Å². The Morgan fingerprint density at radius 1 is 0.630 bits per heavy atom. The summed E-state index contributed by atoms with van der Waals surface area (Å²) in [7, 11) is 0. The molecule has 2 nitrogen and oxygen atoms in total. The molecule has 0 atom stereocenters. The number of aryl methyl sites for hydroxylation is 2. The molecule has 0 amide bonds. The minimum Gasteiger partial charge on any atom is -0.311 e. The molecule has 1 spiro atoms. The molecule has 224 valence electrons. The minimum atomic E-state index is 0.123. The molecule has 3 heterocycles. The number of nitrogens with zero attached hydrogens (tertiary/aromatic N) is 2. The molecule has 0 radical (unpaired) electrons. The second-order valence-corrected chi connectivity index (χ2v) is 15.3. The van der Waals surface area contributed by atoms with E-state index in [-0.39, 0.29) is 12.1 Å². The van der Waals surface area contributed by atoms with Crippen LogP contribution in [0.3, 0.4) is 0 Å². The van der Waals surface area contributed by atoms with Crippen LogP contribution < -0.4 is 26.2 Å². The average Bonchev–Trinajstić information content (AvgIpc) is 3.08. The van der Waals surface area contributed by atoms with Gasteiger partial charge in [0.25, 0.3) is 6.71 Å². The summed E-state index contributed by atoms with van der Waals surface area (Å²) in [6.45, 7) is 4.71. The first-order chi connectivity index (χ1) is 22.6. The van der Waals surface area contributed by atoms with E-state index in [2.05, 4.69) is 127 Å². The van der Waals surface area contributed by atoms with Crippen molar-refractivity contribution in [3.05, 3.63) is 125 Å². The van der Waals surface area contributed by atoms with E-state index in [1.807, 2.05) is 0 Å². The van der Waals surface area contributed by atoms with Crippen LogP contribution in [0.2, 0.25) is 0 Å². The van der Waals surface area contributed by atoms with Gasteiger partial charge in [0.1, 0.15) is 0 Å². The number of benzene rings is 5. The quantitative estimate of drug-likeness (QED) is 0.185. The van der Waals surface area contributed by atoms with Crippen molar-refractivity contribution in [3.63, 3.8) is 0 Å². The largest absolute Gasteiger partial charge is 0.311 e. The molecular formula is C43H39BN2. The van der Waals surface area contributed by atoms with Gasteiger partial charge in [0.2, 0.25) is 0 Å². The van der Waals surface area contributed by atoms with Crippen LogP contribution in [-0.4, -0.2) is 6.71 Å². The highest BCUT2D eigenvalue weighted by atomic mass is 15.2. The highest BCUT2D eigenvalue weighted by Gasteiger charge is 2.62. The van der Waals surface area contributed by atoms with Gasteiger partial charge >= 0.3 is 0 Å². The molecule has 4 saturated carbocycles. The summed E-state index contributed by atoms with van der Waals surface area (Å²) in [6, 6.07) is 40.5. The Kier molecular flexibility index (Phi) is 5.05. The minimum absolute atomic E-state index is 0.123. The van der Waals surface area contributed by atoms with Crippen LogP contribution in [0.1, 0.15) is 61.3 Å². The molecule has 7 aliphatic rings. The maximum atomic E-state index is 2.70. The molecule has 0 N–H and O–H groups in total. The molecule has 0 unspecified atom stereocenters. The number of fused-ring (bicyclic) bond motifs is 6. The summed E-state index contributed by atoms with van der Waals surface area (Å²) in [6.07, 6.45) is 8.16. The molecule has 0 aromatic heterocycles. The van der Waals surface area contributed by atoms with Crippen molar-refractivity contribution < 1.29 is 0 Å². The molecule has 46 heavy (non-hydrogen) atoms. The van der Waals surface area contributed by atoms with Crippen LogP contribution in [-0.2, 0) is 11.8 Å². The maximum absolute atomic E-state index is 2.70. The van der Waals surface area contributed by atoms with E-state index < -0.39 is 0 Å². The van der Waals surface area contributed by atoms with E-state index in [9.17, 15) is 0 Å². The number of para-hydroxylation sites is 2. The molecule has 3 heteroatoms. The molecule has 4 aliphatic carbocycles. The van der Waals surface area contributed by atoms with Gasteiger partial charge in [-0.05, 0) is 139 Å². The van der Waals surface area contributed by atoms with E-state index in [0.29, 0.717) is 0 Å². The van der Waals surface area contributed by atoms with Gasteiger partial charge in [-0.3, -0.25) is 0 Å². The van der Waals surface area contributed by atoms with Crippen LogP contribution >= 0.6 is 0 Å². The molecule has 4 bridgehead atoms. The van der Waals surface area contributed by atoms with Gasteiger partial charge in [-0.2, -0.15) is 0 Å². The summed E-state index contributed by atoms with van der Waals surface area (Å²) in [5.41, 5.74) is 18.6. The predicted molar refractivity (Wildman–Crippen MR) is 192 cm³/mol.